The average Bonchev–Trinajstić information content (AvgIpc) is 2.25. The molecule has 0 radical (unpaired) electrons. The third-order valence-electron chi connectivity index (χ3n) is 2.33. The van der Waals surface area contributed by atoms with Gasteiger partial charge >= 0.3 is 0 Å². The van der Waals surface area contributed by atoms with Crippen LogP contribution in [0, 0.1) is 6.92 Å². The van der Waals surface area contributed by atoms with Gasteiger partial charge in [-0.25, -0.2) is 0 Å². The summed E-state index contributed by atoms with van der Waals surface area (Å²) >= 11 is 0. The SMILES string of the molecule is Cc1ccc(N(C)CCCCCO)nn1. The highest BCUT2D eigenvalue weighted by molar-refractivity contribution is 5.35. The number of unbranched alkanes of at least 4 members (excludes halogenated alkanes) is 2. The van der Waals surface area contributed by atoms with Gasteiger partial charge in [0.25, 0.3) is 0 Å². The second-order valence-electron chi connectivity index (χ2n) is 3.74. The molecule has 84 valence electrons. The van der Waals surface area contributed by atoms with E-state index >= 15 is 0 Å². The van der Waals surface area contributed by atoms with Crippen molar-refractivity contribution >= 4 is 5.82 Å². The van der Waals surface area contributed by atoms with Crippen molar-refractivity contribution in [3.63, 3.8) is 0 Å². The van der Waals surface area contributed by atoms with E-state index in [4.69, 9.17) is 5.11 Å². The van der Waals surface area contributed by atoms with Crippen molar-refractivity contribution in [1.29, 1.82) is 0 Å². The molecule has 1 aromatic heterocycles. The van der Waals surface area contributed by atoms with E-state index in [1.807, 2.05) is 26.1 Å². The molecule has 0 unspecified atom stereocenters. The van der Waals surface area contributed by atoms with Gasteiger partial charge in [-0.1, -0.05) is 0 Å². The van der Waals surface area contributed by atoms with Crippen molar-refractivity contribution in [3.05, 3.63) is 17.8 Å². The van der Waals surface area contributed by atoms with Crippen LogP contribution in [-0.2, 0) is 0 Å². The molecule has 0 atom stereocenters. The van der Waals surface area contributed by atoms with Gasteiger partial charge in [0, 0.05) is 20.2 Å². The largest absolute Gasteiger partial charge is 0.396 e. The lowest BCUT2D eigenvalue weighted by Crippen LogP contribution is -2.20. The normalized spacial score (nSPS) is 10.3. The van der Waals surface area contributed by atoms with E-state index in [0.717, 1.165) is 37.3 Å². The standard InChI is InChI=1S/C11H19N3O/c1-10-6-7-11(13-12-10)14(2)8-4-3-5-9-15/h6-7,15H,3-5,8-9H2,1-2H3. The van der Waals surface area contributed by atoms with Crippen molar-refractivity contribution in [1.82, 2.24) is 10.2 Å². The van der Waals surface area contributed by atoms with E-state index in [9.17, 15) is 0 Å². The Morgan fingerprint density at radius 2 is 2.00 bits per heavy atom. The summed E-state index contributed by atoms with van der Waals surface area (Å²) in [4.78, 5) is 2.09. The summed E-state index contributed by atoms with van der Waals surface area (Å²) < 4.78 is 0. The van der Waals surface area contributed by atoms with Gasteiger partial charge in [-0.3, -0.25) is 0 Å². The predicted molar refractivity (Wildman–Crippen MR) is 61.0 cm³/mol. The number of hydrogen-bond acceptors (Lipinski definition) is 4. The van der Waals surface area contributed by atoms with Gasteiger partial charge in [0.1, 0.15) is 0 Å². The Labute approximate surface area is 90.9 Å². The van der Waals surface area contributed by atoms with Crippen molar-refractivity contribution < 1.29 is 5.11 Å². The molecule has 0 fully saturated rings. The van der Waals surface area contributed by atoms with Crippen LogP contribution in [0.3, 0.4) is 0 Å². The molecular formula is C11H19N3O. The number of aryl methyl sites for hydroxylation is 1. The van der Waals surface area contributed by atoms with E-state index in [-0.39, 0.29) is 6.61 Å². The average molecular weight is 209 g/mol. The third-order valence-corrected chi connectivity index (χ3v) is 2.33. The highest BCUT2D eigenvalue weighted by Gasteiger charge is 2.01. The van der Waals surface area contributed by atoms with Crippen LogP contribution in [0.25, 0.3) is 0 Å². The summed E-state index contributed by atoms with van der Waals surface area (Å²) in [6, 6.07) is 3.95. The maximum Gasteiger partial charge on any atom is 0.150 e. The number of aliphatic hydroxyl groups is 1. The first-order chi connectivity index (χ1) is 7.24. The minimum absolute atomic E-state index is 0.286. The maximum atomic E-state index is 8.64. The van der Waals surface area contributed by atoms with Crippen molar-refractivity contribution in [3.8, 4) is 0 Å². The molecule has 1 N–H and O–H groups in total. The molecule has 0 spiro atoms. The minimum atomic E-state index is 0.286. The summed E-state index contributed by atoms with van der Waals surface area (Å²) in [7, 11) is 2.01. The molecule has 1 aromatic rings. The van der Waals surface area contributed by atoms with Crippen LogP contribution in [0.1, 0.15) is 25.0 Å². The molecule has 0 amide bonds. The quantitative estimate of drug-likeness (QED) is 0.719. The third kappa shape index (κ3) is 4.25. The number of hydrogen-bond donors (Lipinski definition) is 1. The van der Waals surface area contributed by atoms with E-state index in [2.05, 4.69) is 15.1 Å². The molecular weight excluding hydrogens is 190 g/mol. The molecule has 0 aliphatic heterocycles. The molecule has 0 aliphatic carbocycles. The summed E-state index contributed by atoms with van der Waals surface area (Å²) in [6.45, 7) is 3.17. The molecule has 15 heavy (non-hydrogen) atoms. The topological polar surface area (TPSA) is 49.2 Å². The molecule has 0 bridgehead atoms. The van der Waals surface area contributed by atoms with Gasteiger partial charge in [0.05, 0.1) is 5.69 Å². The predicted octanol–water partition coefficient (Wildman–Crippen LogP) is 1.38. The Morgan fingerprint density at radius 1 is 1.20 bits per heavy atom. The Kier molecular flexibility index (Phi) is 5.04. The highest BCUT2D eigenvalue weighted by Crippen LogP contribution is 2.08. The molecule has 4 heteroatoms. The summed E-state index contributed by atoms with van der Waals surface area (Å²) in [5.74, 6) is 0.907. The zero-order valence-corrected chi connectivity index (χ0v) is 9.48. The fourth-order valence-corrected chi connectivity index (χ4v) is 1.35. The summed E-state index contributed by atoms with van der Waals surface area (Å²) in [5.41, 5.74) is 0.937. The van der Waals surface area contributed by atoms with Gasteiger partial charge in [0.15, 0.2) is 5.82 Å². The molecule has 0 saturated carbocycles. The lowest BCUT2D eigenvalue weighted by Gasteiger charge is -2.17. The van der Waals surface area contributed by atoms with E-state index in [0.29, 0.717) is 0 Å². The molecule has 0 saturated heterocycles. The van der Waals surface area contributed by atoms with Gasteiger partial charge in [-0.05, 0) is 38.3 Å². The molecule has 4 nitrogen and oxygen atoms in total. The van der Waals surface area contributed by atoms with Crippen LogP contribution in [-0.4, -0.2) is 35.5 Å². The number of aliphatic hydroxyl groups excluding tert-OH is 1. The number of nitrogens with zero attached hydrogens (tertiary/aromatic N) is 3. The first-order valence-corrected chi connectivity index (χ1v) is 5.36. The van der Waals surface area contributed by atoms with Crippen LogP contribution in [0.15, 0.2) is 12.1 Å². The number of rotatable bonds is 6. The monoisotopic (exact) mass is 209 g/mol. The fourth-order valence-electron chi connectivity index (χ4n) is 1.35. The Hall–Kier alpha value is -1.16. The van der Waals surface area contributed by atoms with Crippen LogP contribution >= 0.6 is 0 Å². The van der Waals surface area contributed by atoms with Crippen LogP contribution < -0.4 is 4.90 Å². The van der Waals surface area contributed by atoms with Gasteiger partial charge in [-0.15, -0.1) is 5.10 Å². The van der Waals surface area contributed by atoms with Crippen LogP contribution in [0.4, 0.5) is 5.82 Å². The summed E-state index contributed by atoms with van der Waals surface area (Å²) in [6.07, 6.45) is 3.01. The lowest BCUT2D eigenvalue weighted by molar-refractivity contribution is 0.283. The maximum absolute atomic E-state index is 8.64. The van der Waals surface area contributed by atoms with Crippen molar-refractivity contribution in [2.75, 3.05) is 25.1 Å². The van der Waals surface area contributed by atoms with Crippen molar-refractivity contribution in [2.24, 2.45) is 0 Å². The smallest absolute Gasteiger partial charge is 0.150 e. The zero-order chi connectivity index (χ0) is 11.1. The molecule has 1 rings (SSSR count). The van der Waals surface area contributed by atoms with Crippen LogP contribution in [0.5, 0.6) is 0 Å². The van der Waals surface area contributed by atoms with Crippen LogP contribution in [0.2, 0.25) is 0 Å². The molecule has 1 heterocycles. The second-order valence-corrected chi connectivity index (χ2v) is 3.74. The zero-order valence-electron chi connectivity index (χ0n) is 9.48. The lowest BCUT2D eigenvalue weighted by atomic mass is 10.2. The molecule has 0 aliphatic rings. The Balaban J connectivity index is 2.33. The Bertz CT molecular complexity index is 274. The number of aromatic nitrogens is 2. The fraction of sp³-hybridized carbons (Fsp3) is 0.636. The van der Waals surface area contributed by atoms with Crippen molar-refractivity contribution in [2.45, 2.75) is 26.2 Å². The summed E-state index contributed by atoms with van der Waals surface area (Å²) in [5, 5.41) is 16.8. The number of anilines is 1. The van der Waals surface area contributed by atoms with Gasteiger partial charge < -0.3 is 10.0 Å². The molecule has 0 aromatic carbocycles. The van der Waals surface area contributed by atoms with E-state index in [1.54, 1.807) is 0 Å². The Morgan fingerprint density at radius 3 is 2.60 bits per heavy atom. The van der Waals surface area contributed by atoms with Gasteiger partial charge in [0.2, 0.25) is 0 Å². The minimum Gasteiger partial charge on any atom is -0.396 e. The first-order valence-electron chi connectivity index (χ1n) is 5.36. The van der Waals surface area contributed by atoms with E-state index in [1.165, 1.54) is 0 Å². The first kappa shape index (κ1) is 11.9. The highest BCUT2D eigenvalue weighted by atomic mass is 16.2. The van der Waals surface area contributed by atoms with E-state index < -0.39 is 0 Å². The second kappa shape index (κ2) is 6.35. The van der Waals surface area contributed by atoms with Gasteiger partial charge in [-0.2, -0.15) is 5.10 Å².